The van der Waals surface area contributed by atoms with Gasteiger partial charge in [0.1, 0.15) is 9.90 Å². The molecule has 6 nitrogen and oxygen atoms in total. The van der Waals surface area contributed by atoms with Crippen LogP contribution in [0.15, 0.2) is 4.90 Å². The van der Waals surface area contributed by atoms with Gasteiger partial charge in [-0.05, 0) is 24.4 Å². The maximum atomic E-state index is 12.2. The summed E-state index contributed by atoms with van der Waals surface area (Å²) in [5.74, 6) is 0.152. The standard InChI is InChI=1S/C11H21N3O3S2/c1-4-6-19(15,16)9-10(12)14-18-11(9)13-8(5-2)7-17-3/h8,13H,4-7H2,1-3H3,(H2,12,14). The number of nitrogen functional groups attached to an aromatic ring is 1. The molecule has 0 saturated heterocycles. The Balaban J connectivity index is 3.04. The Bertz CT molecular complexity index is 499. The van der Waals surface area contributed by atoms with Crippen LogP contribution in [0, 0.1) is 0 Å². The summed E-state index contributed by atoms with van der Waals surface area (Å²) in [7, 11) is -1.77. The molecular weight excluding hydrogens is 286 g/mol. The summed E-state index contributed by atoms with van der Waals surface area (Å²) in [4.78, 5) is 0.133. The number of hydrogen-bond donors (Lipinski definition) is 2. The van der Waals surface area contributed by atoms with Crippen molar-refractivity contribution >= 4 is 32.2 Å². The first kappa shape index (κ1) is 16.2. The topological polar surface area (TPSA) is 94.3 Å². The van der Waals surface area contributed by atoms with E-state index in [1.54, 1.807) is 7.11 Å². The molecule has 0 aliphatic carbocycles. The second kappa shape index (κ2) is 7.06. The smallest absolute Gasteiger partial charge is 0.185 e. The van der Waals surface area contributed by atoms with E-state index in [1.807, 2.05) is 13.8 Å². The molecule has 0 radical (unpaired) electrons. The van der Waals surface area contributed by atoms with Gasteiger partial charge in [0, 0.05) is 7.11 Å². The van der Waals surface area contributed by atoms with Crippen molar-refractivity contribution in [3.8, 4) is 0 Å². The highest BCUT2D eigenvalue weighted by molar-refractivity contribution is 7.91. The second-order valence-corrected chi connectivity index (χ2v) is 7.07. The normalized spacial score (nSPS) is 13.4. The minimum atomic E-state index is -3.38. The molecule has 0 aromatic carbocycles. The molecule has 0 spiro atoms. The third-order valence-electron chi connectivity index (χ3n) is 2.65. The molecule has 0 bridgehead atoms. The third kappa shape index (κ3) is 4.05. The Hall–Kier alpha value is -0.860. The van der Waals surface area contributed by atoms with E-state index in [2.05, 4.69) is 9.69 Å². The first-order valence-corrected chi connectivity index (χ1v) is 8.62. The van der Waals surface area contributed by atoms with E-state index >= 15 is 0 Å². The summed E-state index contributed by atoms with van der Waals surface area (Å²) in [6.45, 7) is 4.32. The maximum absolute atomic E-state index is 12.2. The lowest BCUT2D eigenvalue weighted by Gasteiger charge is -2.16. The molecule has 0 fully saturated rings. The van der Waals surface area contributed by atoms with Gasteiger partial charge in [-0.3, -0.25) is 0 Å². The number of nitrogens with one attached hydrogen (secondary N) is 1. The summed E-state index contributed by atoms with van der Waals surface area (Å²) in [6.07, 6.45) is 1.37. The lowest BCUT2D eigenvalue weighted by Crippen LogP contribution is -2.24. The van der Waals surface area contributed by atoms with Gasteiger partial charge in [-0.15, -0.1) is 0 Å². The second-order valence-electron chi connectivity index (χ2n) is 4.25. The van der Waals surface area contributed by atoms with Crippen molar-refractivity contribution < 1.29 is 13.2 Å². The molecule has 1 unspecified atom stereocenters. The fourth-order valence-electron chi connectivity index (χ4n) is 1.71. The number of anilines is 2. The zero-order chi connectivity index (χ0) is 14.5. The zero-order valence-corrected chi connectivity index (χ0v) is 13.1. The van der Waals surface area contributed by atoms with Gasteiger partial charge in [-0.2, -0.15) is 4.37 Å². The van der Waals surface area contributed by atoms with Crippen molar-refractivity contribution in [1.82, 2.24) is 4.37 Å². The van der Waals surface area contributed by atoms with Crippen molar-refractivity contribution in [2.75, 3.05) is 30.5 Å². The van der Waals surface area contributed by atoms with Crippen LogP contribution < -0.4 is 11.1 Å². The number of methoxy groups -OCH3 is 1. The number of nitrogens with zero attached hydrogens (tertiary/aromatic N) is 1. The average Bonchev–Trinajstić information content (AvgIpc) is 2.70. The Morgan fingerprint density at radius 3 is 2.68 bits per heavy atom. The molecule has 1 aromatic rings. The quantitative estimate of drug-likeness (QED) is 0.760. The lowest BCUT2D eigenvalue weighted by molar-refractivity contribution is 0.184. The van der Waals surface area contributed by atoms with Gasteiger partial charge in [-0.1, -0.05) is 13.8 Å². The average molecular weight is 307 g/mol. The van der Waals surface area contributed by atoms with Gasteiger partial charge in [0.25, 0.3) is 0 Å². The Labute approximate surface area is 118 Å². The van der Waals surface area contributed by atoms with E-state index in [9.17, 15) is 8.42 Å². The minimum Gasteiger partial charge on any atom is -0.383 e. The molecule has 1 aromatic heterocycles. The predicted molar refractivity (Wildman–Crippen MR) is 78.4 cm³/mol. The molecule has 3 N–H and O–H groups in total. The van der Waals surface area contributed by atoms with Crippen molar-refractivity contribution in [2.24, 2.45) is 0 Å². The van der Waals surface area contributed by atoms with Crippen LogP contribution in [-0.4, -0.2) is 38.3 Å². The summed E-state index contributed by atoms with van der Waals surface area (Å²) in [6, 6.07) is 0.0421. The number of rotatable bonds is 8. The van der Waals surface area contributed by atoms with Crippen LogP contribution in [0.25, 0.3) is 0 Å². The first-order chi connectivity index (χ1) is 8.96. The van der Waals surface area contributed by atoms with E-state index in [0.717, 1.165) is 18.0 Å². The molecule has 110 valence electrons. The molecule has 19 heavy (non-hydrogen) atoms. The van der Waals surface area contributed by atoms with Crippen LogP contribution in [0.4, 0.5) is 10.8 Å². The van der Waals surface area contributed by atoms with Crippen molar-refractivity contribution in [3.05, 3.63) is 0 Å². The van der Waals surface area contributed by atoms with E-state index in [4.69, 9.17) is 10.5 Å². The van der Waals surface area contributed by atoms with Crippen LogP contribution in [0.3, 0.4) is 0 Å². The first-order valence-electron chi connectivity index (χ1n) is 6.19. The van der Waals surface area contributed by atoms with Crippen LogP contribution in [0.2, 0.25) is 0 Å². The summed E-state index contributed by atoms with van der Waals surface area (Å²) >= 11 is 1.08. The number of hydrogen-bond acceptors (Lipinski definition) is 7. The molecule has 1 atom stereocenters. The number of ether oxygens (including phenoxy) is 1. The van der Waals surface area contributed by atoms with Crippen LogP contribution in [-0.2, 0) is 14.6 Å². The van der Waals surface area contributed by atoms with Gasteiger partial charge >= 0.3 is 0 Å². The highest BCUT2D eigenvalue weighted by Crippen LogP contribution is 2.33. The molecule has 1 heterocycles. The maximum Gasteiger partial charge on any atom is 0.185 e. The molecule has 0 aliphatic rings. The minimum absolute atomic E-state index is 0.0421. The van der Waals surface area contributed by atoms with Crippen molar-refractivity contribution in [3.63, 3.8) is 0 Å². The molecule has 8 heteroatoms. The fraction of sp³-hybridized carbons (Fsp3) is 0.727. The van der Waals surface area contributed by atoms with E-state index in [1.165, 1.54) is 0 Å². The molecule has 0 saturated carbocycles. The third-order valence-corrected chi connectivity index (χ3v) is 5.56. The summed E-state index contributed by atoms with van der Waals surface area (Å²) in [5, 5.41) is 3.66. The molecule has 1 rings (SSSR count). The lowest BCUT2D eigenvalue weighted by atomic mass is 10.2. The van der Waals surface area contributed by atoms with Crippen molar-refractivity contribution in [1.29, 1.82) is 0 Å². The van der Waals surface area contributed by atoms with Gasteiger partial charge in [0.05, 0.1) is 18.4 Å². The van der Waals surface area contributed by atoms with Gasteiger partial charge < -0.3 is 15.8 Å². The fourth-order valence-corrected chi connectivity index (χ4v) is 4.39. The van der Waals surface area contributed by atoms with Gasteiger partial charge in [0.15, 0.2) is 15.7 Å². The molecule has 0 aliphatic heterocycles. The Morgan fingerprint density at radius 1 is 1.47 bits per heavy atom. The summed E-state index contributed by atoms with van der Waals surface area (Å²) in [5.41, 5.74) is 5.70. The van der Waals surface area contributed by atoms with Crippen molar-refractivity contribution in [2.45, 2.75) is 37.6 Å². The summed E-state index contributed by atoms with van der Waals surface area (Å²) < 4.78 is 33.4. The van der Waals surface area contributed by atoms with E-state index in [-0.39, 0.29) is 22.5 Å². The Kier molecular flexibility index (Phi) is 6.02. The van der Waals surface area contributed by atoms with Gasteiger partial charge in [-0.25, -0.2) is 8.42 Å². The largest absolute Gasteiger partial charge is 0.383 e. The predicted octanol–water partition coefficient (Wildman–Crippen LogP) is 1.75. The van der Waals surface area contributed by atoms with Crippen LogP contribution in [0.1, 0.15) is 26.7 Å². The highest BCUT2D eigenvalue weighted by atomic mass is 32.2. The van der Waals surface area contributed by atoms with Gasteiger partial charge in [0.2, 0.25) is 0 Å². The van der Waals surface area contributed by atoms with E-state index in [0.29, 0.717) is 18.0 Å². The molecular formula is C11H21N3O3S2. The monoisotopic (exact) mass is 307 g/mol. The SMILES string of the molecule is CCCS(=O)(=O)c1c(N)nsc1NC(CC)COC. The number of nitrogens with two attached hydrogens (primary N) is 1. The highest BCUT2D eigenvalue weighted by Gasteiger charge is 2.25. The number of aromatic nitrogens is 1. The molecule has 0 amide bonds. The Morgan fingerprint density at radius 2 is 2.16 bits per heavy atom. The van der Waals surface area contributed by atoms with Crippen LogP contribution in [0.5, 0.6) is 0 Å². The zero-order valence-electron chi connectivity index (χ0n) is 11.5. The van der Waals surface area contributed by atoms with E-state index < -0.39 is 9.84 Å². The number of sulfone groups is 1. The van der Waals surface area contributed by atoms with Crippen LogP contribution >= 0.6 is 11.5 Å².